The summed E-state index contributed by atoms with van der Waals surface area (Å²) in [6.45, 7) is 7.25. The molecule has 0 amide bonds. The average molecular weight is 506 g/mol. The molecular weight excluding hydrogens is 471 g/mol. The number of likely N-dealkylation sites (tertiary alicyclic amines) is 1. The average Bonchev–Trinajstić information content (AvgIpc) is 2.71. The molecule has 2 N–H and O–H groups in total. The highest BCUT2D eigenvalue weighted by Crippen LogP contribution is 2.27. The fourth-order valence-corrected chi connectivity index (χ4v) is 3.19. The zero-order valence-corrected chi connectivity index (χ0v) is 19.8. The van der Waals surface area contributed by atoms with Crippen LogP contribution in [0.2, 0.25) is 0 Å². The maximum Gasteiger partial charge on any atom is 0.191 e. The monoisotopic (exact) mass is 506 g/mol. The molecule has 1 aliphatic heterocycles. The van der Waals surface area contributed by atoms with Crippen molar-refractivity contribution in [2.75, 3.05) is 54.1 Å². The van der Waals surface area contributed by atoms with Crippen molar-refractivity contribution >= 4 is 29.9 Å². The minimum atomic E-state index is 0. The molecule has 1 aromatic carbocycles. The number of nitrogens with zero attached hydrogens (tertiary/aromatic N) is 2. The molecule has 28 heavy (non-hydrogen) atoms. The Bertz CT molecular complexity index is 593. The Kier molecular flexibility index (Phi) is 12.2. The van der Waals surface area contributed by atoms with Crippen LogP contribution in [-0.4, -0.2) is 71.0 Å². The smallest absolute Gasteiger partial charge is 0.191 e. The van der Waals surface area contributed by atoms with Gasteiger partial charge in [0.25, 0.3) is 0 Å². The molecule has 0 saturated carbocycles. The first-order valence-electron chi connectivity index (χ1n) is 9.68. The van der Waals surface area contributed by atoms with E-state index in [-0.39, 0.29) is 24.0 Å². The zero-order valence-electron chi connectivity index (χ0n) is 17.5. The number of benzene rings is 1. The summed E-state index contributed by atoms with van der Waals surface area (Å²) >= 11 is 0. The molecule has 1 fully saturated rings. The summed E-state index contributed by atoms with van der Waals surface area (Å²) in [5.74, 6) is 2.35. The van der Waals surface area contributed by atoms with Crippen LogP contribution in [0.25, 0.3) is 0 Å². The van der Waals surface area contributed by atoms with E-state index in [2.05, 4.69) is 20.5 Å². The highest BCUT2D eigenvalue weighted by atomic mass is 127. The van der Waals surface area contributed by atoms with Gasteiger partial charge in [-0.05, 0) is 37.5 Å². The fourth-order valence-electron chi connectivity index (χ4n) is 3.19. The van der Waals surface area contributed by atoms with Crippen molar-refractivity contribution in [3.63, 3.8) is 0 Å². The maximum atomic E-state index is 5.65. The van der Waals surface area contributed by atoms with Crippen LogP contribution >= 0.6 is 24.0 Å². The van der Waals surface area contributed by atoms with Gasteiger partial charge in [-0.1, -0.05) is 6.07 Å². The lowest BCUT2D eigenvalue weighted by Gasteiger charge is -2.32. The molecule has 8 heteroatoms. The second-order valence-corrected chi connectivity index (χ2v) is 6.60. The highest BCUT2D eigenvalue weighted by Gasteiger charge is 2.19. The lowest BCUT2D eigenvalue weighted by molar-refractivity contribution is 0.128. The third-order valence-electron chi connectivity index (χ3n) is 4.75. The Hall–Kier alpha value is -1.26. The van der Waals surface area contributed by atoms with Gasteiger partial charge in [-0.25, -0.2) is 0 Å². The van der Waals surface area contributed by atoms with E-state index in [9.17, 15) is 0 Å². The second kappa shape index (κ2) is 13.8. The van der Waals surface area contributed by atoms with Crippen molar-refractivity contribution in [1.82, 2.24) is 15.5 Å². The number of hydrogen-bond donors (Lipinski definition) is 2. The van der Waals surface area contributed by atoms with Gasteiger partial charge in [0.15, 0.2) is 17.5 Å². The number of piperidine rings is 1. The standard InChI is InChI=1S/C20H34N4O3.HI/c1-5-27-19-14-16(6-7-18(19)26-4)15-22-20(21-2)23-17-8-10-24(11-9-17)12-13-25-3;/h6-7,14,17H,5,8-13,15H2,1-4H3,(H2,21,22,23);1H. The third kappa shape index (κ3) is 8.00. The topological polar surface area (TPSA) is 67.4 Å². The number of halogens is 1. The number of methoxy groups -OCH3 is 2. The van der Waals surface area contributed by atoms with Gasteiger partial charge in [-0.2, -0.15) is 0 Å². The van der Waals surface area contributed by atoms with Crippen LogP contribution in [0.3, 0.4) is 0 Å². The van der Waals surface area contributed by atoms with Gasteiger partial charge in [-0.3, -0.25) is 4.99 Å². The van der Waals surface area contributed by atoms with Crippen LogP contribution in [-0.2, 0) is 11.3 Å². The van der Waals surface area contributed by atoms with E-state index >= 15 is 0 Å². The minimum Gasteiger partial charge on any atom is -0.493 e. The molecule has 0 aromatic heterocycles. The molecule has 1 saturated heterocycles. The number of rotatable bonds is 9. The molecule has 0 aliphatic carbocycles. The van der Waals surface area contributed by atoms with Crippen molar-refractivity contribution in [3.05, 3.63) is 23.8 Å². The van der Waals surface area contributed by atoms with Crippen LogP contribution in [0.4, 0.5) is 0 Å². The van der Waals surface area contributed by atoms with E-state index in [1.807, 2.05) is 32.2 Å². The molecule has 0 atom stereocenters. The van der Waals surface area contributed by atoms with E-state index < -0.39 is 0 Å². The van der Waals surface area contributed by atoms with Gasteiger partial charge in [0, 0.05) is 46.4 Å². The molecule has 0 spiro atoms. The maximum absolute atomic E-state index is 5.65. The summed E-state index contributed by atoms with van der Waals surface area (Å²) in [7, 11) is 5.22. The van der Waals surface area contributed by atoms with Crippen LogP contribution in [0.1, 0.15) is 25.3 Å². The molecule has 7 nitrogen and oxygen atoms in total. The predicted octanol–water partition coefficient (Wildman–Crippen LogP) is 2.49. The van der Waals surface area contributed by atoms with Gasteiger partial charge in [-0.15, -0.1) is 24.0 Å². The first-order chi connectivity index (χ1) is 13.2. The molecule has 2 rings (SSSR count). The lowest BCUT2D eigenvalue weighted by Crippen LogP contribution is -2.48. The number of guanidine groups is 1. The Balaban J connectivity index is 0.00000392. The molecule has 1 heterocycles. The Morgan fingerprint density at radius 2 is 1.96 bits per heavy atom. The summed E-state index contributed by atoms with van der Waals surface area (Å²) in [6.07, 6.45) is 2.23. The Morgan fingerprint density at radius 3 is 2.57 bits per heavy atom. The van der Waals surface area contributed by atoms with Crippen LogP contribution in [0, 0.1) is 0 Å². The van der Waals surface area contributed by atoms with Crippen LogP contribution < -0.4 is 20.1 Å². The summed E-state index contributed by atoms with van der Waals surface area (Å²) in [4.78, 5) is 6.81. The first kappa shape index (κ1) is 24.8. The zero-order chi connectivity index (χ0) is 19.5. The van der Waals surface area contributed by atoms with Gasteiger partial charge in [0.05, 0.1) is 20.3 Å². The normalized spacial score (nSPS) is 15.6. The second-order valence-electron chi connectivity index (χ2n) is 6.60. The highest BCUT2D eigenvalue weighted by molar-refractivity contribution is 14.0. The van der Waals surface area contributed by atoms with Gasteiger partial charge < -0.3 is 29.7 Å². The van der Waals surface area contributed by atoms with E-state index in [1.165, 1.54) is 0 Å². The molecule has 0 bridgehead atoms. The lowest BCUT2D eigenvalue weighted by atomic mass is 10.1. The Morgan fingerprint density at radius 1 is 1.21 bits per heavy atom. The van der Waals surface area contributed by atoms with Crippen LogP contribution in [0.15, 0.2) is 23.2 Å². The van der Waals surface area contributed by atoms with E-state index in [4.69, 9.17) is 14.2 Å². The van der Waals surface area contributed by atoms with E-state index in [0.29, 0.717) is 19.2 Å². The molecule has 160 valence electrons. The van der Waals surface area contributed by atoms with E-state index in [0.717, 1.165) is 62.1 Å². The molecule has 1 aromatic rings. The van der Waals surface area contributed by atoms with Crippen molar-refractivity contribution in [3.8, 4) is 11.5 Å². The summed E-state index contributed by atoms with van der Waals surface area (Å²) in [6, 6.07) is 6.44. The number of hydrogen-bond acceptors (Lipinski definition) is 5. The molecule has 1 aliphatic rings. The fraction of sp³-hybridized carbons (Fsp3) is 0.650. The number of aliphatic imine (C=N–C) groups is 1. The van der Waals surface area contributed by atoms with Crippen molar-refractivity contribution in [2.24, 2.45) is 4.99 Å². The summed E-state index contributed by atoms with van der Waals surface area (Å²) in [5.41, 5.74) is 1.12. The number of ether oxygens (including phenoxy) is 3. The first-order valence-corrected chi connectivity index (χ1v) is 9.68. The largest absolute Gasteiger partial charge is 0.493 e. The Labute approximate surface area is 186 Å². The van der Waals surface area contributed by atoms with Gasteiger partial charge in [0.2, 0.25) is 0 Å². The van der Waals surface area contributed by atoms with E-state index in [1.54, 1.807) is 14.2 Å². The molecular formula is C20H35IN4O3. The van der Waals surface area contributed by atoms with Crippen molar-refractivity contribution in [1.29, 1.82) is 0 Å². The minimum absolute atomic E-state index is 0. The molecule has 0 unspecified atom stereocenters. The summed E-state index contributed by atoms with van der Waals surface area (Å²) < 4.78 is 16.2. The SMILES string of the molecule is CCOc1cc(CNC(=NC)NC2CCN(CCOC)CC2)ccc1OC.I. The quantitative estimate of drug-likeness (QED) is 0.305. The number of nitrogens with one attached hydrogen (secondary N) is 2. The van der Waals surface area contributed by atoms with Crippen molar-refractivity contribution < 1.29 is 14.2 Å². The molecule has 0 radical (unpaired) electrons. The van der Waals surface area contributed by atoms with Crippen LogP contribution in [0.5, 0.6) is 11.5 Å². The summed E-state index contributed by atoms with van der Waals surface area (Å²) in [5, 5.41) is 6.93. The predicted molar refractivity (Wildman–Crippen MR) is 124 cm³/mol. The van der Waals surface area contributed by atoms with Crippen molar-refractivity contribution in [2.45, 2.75) is 32.4 Å². The third-order valence-corrected chi connectivity index (χ3v) is 4.75. The van der Waals surface area contributed by atoms with Gasteiger partial charge in [0.1, 0.15) is 0 Å². The van der Waals surface area contributed by atoms with Gasteiger partial charge >= 0.3 is 0 Å².